The molecule has 3 N–H and O–H groups in total. The van der Waals surface area contributed by atoms with Crippen LogP contribution in [0.15, 0.2) is 0 Å². The first-order valence-corrected chi connectivity index (χ1v) is 39.3. The van der Waals surface area contributed by atoms with Crippen molar-refractivity contribution in [1.29, 1.82) is 0 Å². The fraction of sp³-hybridized carbons (Fsp3) is 0.943. The Balaban J connectivity index is 5.24. The lowest BCUT2D eigenvalue weighted by molar-refractivity contribution is -0.161. The fourth-order valence-electron chi connectivity index (χ4n) is 10.5. The lowest BCUT2D eigenvalue weighted by atomic mass is 10.0. The van der Waals surface area contributed by atoms with E-state index in [0.717, 1.165) is 108 Å². The maximum Gasteiger partial charge on any atom is 0.472 e. The van der Waals surface area contributed by atoms with Crippen molar-refractivity contribution in [2.24, 2.45) is 17.8 Å². The molecule has 0 spiro atoms. The zero-order chi connectivity index (χ0) is 65.9. The van der Waals surface area contributed by atoms with Gasteiger partial charge in [0.05, 0.1) is 26.4 Å². The van der Waals surface area contributed by atoms with Crippen molar-refractivity contribution < 1.29 is 80.2 Å². The summed E-state index contributed by atoms with van der Waals surface area (Å²) in [5.74, 6) is 0.100. The molecule has 0 aromatic carbocycles. The van der Waals surface area contributed by atoms with Crippen LogP contribution in [-0.4, -0.2) is 96.7 Å². The van der Waals surface area contributed by atoms with E-state index < -0.39 is 97.5 Å². The number of phosphoric acid groups is 2. The van der Waals surface area contributed by atoms with Crippen molar-refractivity contribution in [1.82, 2.24) is 0 Å². The molecular formula is C70H136O17P2. The Morgan fingerprint density at radius 2 is 0.517 bits per heavy atom. The monoisotopic (exact) mass is 1310 g/mol. The molecule has 19 heteroatoms. The van der Waals surface area contributed by atoms with Gasteiger partial charge in [0, 0.05) is 25.7 Å². The minimum atomic E-state index is -4.95. The molecule has 0 aliphatic heterocycles. The zero-order valence-corrected chi connectivity index (χ0v) is 59.7. The summed E-state index contributed by atoms with van der Waals surface area (Å²) in [6, 6.07) is 0. The van der Waals surface area contributed by atoms with Crippen molar-refractivity contribution in [3.05, 3.63) is 0 Å². The number of carbonyl (C=O) groups excluding carboxylic acids is 4. The van der Waals surface area contributed by atoms with Crippen molar-refractivity contribution in [2.75, 3.05) is 39.6 Å². The number of rotatable bonds is 68. The normalized spacial score (nSPS) is 14.2. The van der Waals surface area contributed by atoms with Gasteiger partial charge in [0.15, 0.2) is 12.2 Å². The molecule has 0 aliphatic rings. The largest absolute Gasteiger partial charge is 0.472 e. The van der Waals surface area contributed by atoms with E-state index >= 15 is 0 Å². The van der Waals surface area contributed by atoms with Crippen molar-refractivity contribution in [2.45, 2.75) is 369 Å². The van der Waals surface area contributed by atoms with Crippen LogP contribution in [0.3, 0.4) is 0 Å². The molecule has 0 saturated heterocycles. The minimum absolute atomic E-state index is 0.106. The highest BCUT2D eigenvalue weighted by molar-refractivity contribution is 7.47. The van der Waals surface area contributed by atoms with E-state index in [0.29, 0.717) is 31.6 Å². The quantitative estimate of drug-likeness (QED) is 0.0222. The van der Waals surface area contributed by atoms with Crippen LogP contribution in [-0.2, 0) is 65.4 Å². The average molecular weight is 1310 g/mol. The minimum Gasteiger partial charge on any atom is -0.462 e. The van der Waals surface area contributed by atoms with E-state index in [9.17, 15) is 43.2 Å². The van der Waals surface area contributed by atoms with Gasteiger partial charge in [0.2, 0.25) is 0 Å². The lowest BCUT2D eigenvalue weighted by Crippen LogP contribution is -2.30. The van der Waals surface area contributed by atoms with Crippen LogP contribution in [0, 0.1) is 17.8 Å². The number of hydrogen-bond donors (Lipinski definition) is 3. The van der Waals surface area contributed by atoms with E-state index in [2.05, 4.69) is 48.5 Å². The number of phosphoric ester groups is 2. The van der Waals surface area contributed by atoms with Crippen molar-refractivity contribution in [3.63, 3.8) is 0 Å². The van der Waals surface area contributed by atoms with E-state index in [4.69, 9.17) is 37.0 Å². The Morgan fingerprint density at radius 3 is 0.764 bits per heavy atom. The first kappa shape index (κ1) is 87.1. The first-order valence-electron chi connectivity index (χ1n) is 36.3. The summed E-state index contributed by atoms with van der Waals surface area (Å²) >= 11 is 0. The van der Waals surface area contributed by atoms with Gasteiger partial charge in [0.1, 0.15) is 19.3 Å². The second-order valence-corrected chi connectivity index (χ2v) is 29.6. The Morgan fingerprint density at radius 1 is 0.303 bits per heavy atom. The molecule has 0 rings (SSSR count). The predicted octanol–water partition coefficient (Wildman–Crippen LogP) is 19.8. The van der Waals surface area contributed by atoms with Crippen molar-refractivity contribution >= 4 is 39.5 Å². The summed E-state index contributed by atoms with van der Waals surface area (Å²) in [5, 5.41) is 10.6. The highest BCUT2D eigenvalue weighted by Gasteiger charge is 2.30. The number of aliphatic hydroxyl groups excluding tert-OH is 1. The first-order chi connectivity index (χ1) is 42.7. The van der Waals surface area contributed by atoms with Crippen molar-refractivity contribution in [3.8, 4) is 0 Å². The molecule has 0 fully saturated rings. The molecule has 0 amide bonds. The lowest BCUT2D eigenvalue weighted by Gasteiger charge is -2.21. The Bertz CT molecular complexity index is 1750. The van der Waals surface area contributed by atoms with Gasteiger partial charge in [-0.05, 0) is 43.4 Å². The molecule has 528 valence electrons. The summed E-state index contributed by atoms with van der Waals surface area (Å²) < 4.78 is 68.2. The zero-order valence-electron chi connectivity index (χ0n) is 57.9. The second kappa shape index (κ2) is 61.0. The smallest absolute Gasteiger partial charge is 0.462 e. The standard InChI is InChI=1S/C70H136O17P2/c1-8-9-10-11-12-13-17-25-30-39-46-53-69(74)87-66(58-81-68(73)52-45-38-33-32-36-43-50-63(6)7)60-85-89(78,79)83-56-64(71)55-82-88(76,77)84-59-65(57-80-67(72)51-44-37-29-24-21-16-19-23-28-35-42-49-62(4)5)86-70(75)54-47-40-31-26-20-15-14-18-22-27-34-41-48-61(2)3/h61-66,71H,8-60H2,1-7H3,(H,76,77)(H,78,79)/t64-,65-,66-/m1/s1. The van der Waals surface area contributed by atoms with Crippen LogP contribution in [0.2, 0.25) is 0 Å². The van der Waals surface area contributed by atoms with Gasteiger partial charge in [-0.25, -0.2) is 9.13 Å². The Labute approximate surface area is 543 Å². The highest BCUT2D eigenvalue weighted by atomic mass is 31.2. The molecule has 0 radical (unpaired) electrons. The molecule has 0 saturated carbocycles. The van der Waals surface area contributed by atoms with E-state index in [-0.39, 0.29) is 25.7 Å². The molecule has 2 unspecified atom stereocenters. The number of hydrogen-bond acceptors (Lipinski definition) is 15. The average Bonchev–Trinajstić information content (AvgIpc) is 3.50. The van der Waals surface area contributed by atoms with Gasteiger partial charge in [-0.15, -0.1) is 0 Å². The van der Waals surface area contributed by atoms with Gasteiger partial charge in [-0.1, -0.05) is 299 Å². The van der Waals surface area contributed by atoms with Crippen LogP contribution in [0.1, 0.15) is 350 Å². The molecule has 0 heterocycles. The molecule has 0 aliphatic carbocycles. The van der Waals surface area contributed by atoms with Gasteiger partial charge in [-0.2, -0.15) is 0 Å². The molecule has 0 aromatic heterocycles. The van der Waals surface area contributed by atoms with Gasteiger partial charge >= 0.3 is 39.5 Å². The summed E-state index contributed by atoms with van der Waals surface area (Å²) in [6.45, 7) is 11.8. The fourth-order valence-corrected chi connectivity index (χ4v) is 12.1. The topological polar surface area (TPSA) is 237 Å². The summed E-state index contributed by atoms with van der Waals surface area (Å²) in [4.78, 5) is 72.5. The maximum absolute atomic E-state index is 13.0. The third-order valence-electron chi connectivity index (χ3n) is 16.1. The molecule has 17 nitrogen and oxygen atoms in total. The van der Waals surface area contributed by atoms with Crippen LogP contribution in [0.4, 0.5) is 0 Å². The number of carbonyl (C=O) groups is 4. The molecule has 5 atom stereocenters. The van der Waals surface area contributed by atoms with Crippen LogP contribution < -0.4 is 0 Å². The Hall–Kier alpha value is -1.94. The van der Waals surface area contributed by atoms with Gasteiger partial charge in [-0.3, -0.25) is 37.3 Å². The second-order valence-electron chi connectivity index (χ2n) is 26.7. The van der Waals surface area contributed by atoms with Crippen LogP contribution >= 0.6 is 15.6 Å². The summed E-state index contributed by atoms with van der Waals surface area (Å²) in [6.07, 6.45) is 44.5. The van der Waals surface area contributed by atoms with Crippen LogP contribution in [0.5, 0.6) is 0 Å². The third kappa shape index (κ3) is 64.6. The van der Waals surface area contributed by atoms with E-state index in [1.165, 1.54) is 154 Å². The number of unbranched alkanes of at least 4 members (excludes halogenated alkanes) is 36. The number of esters is 4. The Kier molecular flexibility index (Phi) is 59.6. The third-order valence-corrected chi connectivity index (χ3v) is 18.0. The van der Waals surface area contributed by atoms with E-state index in [1.54, 1.807) is 0 Å². The van der Waals surface area contributed by atoms with Crippen LogP contribution in [0.25, 0.3) is 0 Å². The van der Waals surface area contributed by atoms with E-state index in [1.807, 2.05) is 0 Å². The number of ether oxygens (including phenoxy) is 4. The molecule has 0 bridgehead atoms. The van der Waals surface area contributed by atoms with Gasteiger partial charge in [0.25, 0.3) is 0 Å². The summed E-state index contributed by atoms with van der Waals surface area (Å²) in [7, 11) is -9.90. The molecule has 0 aromatic rings. The SMILES string of the molecule is CCCCCCCCCCCCCC(=O)O[C@H](COC(=O)CCCCCCCCC(C)C)COP(=O)(O)OC[C@H](O)COP(=O)(O)OC[C@@H](COC(=O)CCCCCCCCCCCCCC(C)C)OC(=O)CCCCCCCCCCCCCCC(C)C. The maximum atomic E-state index is 13.0. The predicted molar refractivity (Wildman–Crippen MR) is 358 cm³/mol. The highest BCUT2D eigenvalue weighted by Crippen LogP contribution is 2.45. The summed E-state index contributed by atoms with van der Waals surface area (Å²) in [5.41, 5.74) is 0. The van der Waals surface area contributed by atoms with Gasteiger partial charge < -0.3 is 33.8 Å². The number of aliphatic hydroxyl groups is 1. The molecule has 89 heavy (non-hydrogen) atoms. The molecular weight excluding hydrogens is 1170 g/mol.